The molecule has 0 N–H and O–H groups in total. The van der Waals surface area contributed by atoms with Crippen LogP contribution in [0.2, 0.25) is 0 Å². The lowest BCUT2D eigenvalue weighted by Gasteiger charge is -2.12. The van der Waals surface area contributed by atoms with Gasteiger partial charge in [0.05, 0.1) is 17.0 Å². The molecule has 1 atom stereocenters. The molecule has 0 aliphatic heterocycles. The van der Waals surface area contributed by atoms with Gasteiger partial charge in [-0.3, -0.25) is 0 Å². The molecule has 1 heterocycles. The van der Waals surface area contributed by atoms with Crippen LogP contribution in [-0.4, -0.2) is 7.11 Å². The Morgan fingerprint density at radius 3 is 2.65 bits per heavy atom. The first-order chi connectivity index (χ1) is 8.13. The Balaban J connectivity index is 2.35. The fraction of sp³-hybridized carbons (Fsp3) is 0.231. The molecule has 0 amide bonds. The van der Waals surface area contributed by atoms with E-state index in [0.717, 1.165) is 15.8 Å². The predicted molar refractivity (Wildman–Crippen MR) is 77.4 cm³/mol. The summed E-state index contributed by atoms with van der Waals surface area (Å²) in [7, 11) is 1.65. The van der Waals surface area contributed by atoms with Crippen LogP contribution in [0.4, 0.5) is 0 Å². The molecular weight excluding hydrogens is 320 g/mol. The minimum Gasteiger partial charge on any atom is -0.496 e. The number of ether oxygens (including phenoxy) is 1. The van der Waals surface area contributed by atoms with Crippen molar-refractivity contribution in [1.82, 2.24) is 0 Å². The second kappa shape index (κ2) is 5.42. The van der Waals surface area contributed by atoms with E-state index in [1.165, 1.54) is 11.1 Å². The Labute approximate surface area is 119 Å². The SMILES string of the molecule is COc1ccc(C(Cl)c2cscc2C)cc1Br. The van der Waals surface area contributed by atoms with Gasteiger partial charge >= 0.3 is 0 Å². The van der Waals surface area contributed by atoms with Gasteiger partial charge in [0.2, 0.25) is 0 Å². The molecule has 1 unspecified atom stereocenters. The standard InChI is InChI=1S/C13H12BrClOS/c1-8-6-17-7-10(8)13(15)9-3-4-12(16-2)11(14)5-9/h3-7,13H,1-2H3. The molecule has 17 heavy (non-hydrogen) atoms. The molecular formula is C13H12BrClOS. The van der Waals surface area contributed by atoms with Crippen LogP contribution in [0.15, 0.2) is 33.4 Å². The number of thiophene rings is 1. The molecule has 0 saturated heterocycles. The first kappa shape index (κ1) is 12.9. The Morgan fingerprint density at radius 2 is 2.12 bits per heavy atom. The van der Waals surface area contributed by atoms with Gasteiger partial charge in [-0.05, 0) is 62.4 Å². The highest BCUT2D eigenvalue weighted by atomic mass is 79.9. The van der Waals surface area contributed by atoms with Gasteiger partial charge in [-0.2, -0.15) is 11.3 Å². The first-order valence-electron chi connectivity index (χ1n) is 5.13. The first-order valence-corrected chi connectivity index (χ1v) is 7.31. The summed E-state index contributed by atoms with van der Waals surface area (Å²) in [5.41, 5.74) is 3.48. The monoisotopic (exact) mass is 330 g/mol. The van der Waals surface area contributed by atoms with E-state index in [0.29, 0.717) is 0 Å². The fourth-order valence-corrected chi connectivity index (χ4v) is 3.53. The van der Waals surface area contributed by atoms with Crippen molar-refractivity contribution in [2.24, 2.45) is 0 Å². The highest BCUT2D eigenvalue weighted by Gasteiger charge is 2.15. The maximum atomic E-state index is 6.49. The summed E-state index contributed by atoms with van der Waals surface area (Å²) in [5, 5.41) is 4.11. The van der Waals surface area contributed by atoms with E-state index in [2.05, 4.69) is 33.6 Å². The second-order valence-corrected chi connectivity index (χ2v) is 5.80. The van der Waals surface area contributed by atoms with E-state index < -0.39 is 0 Å². The Kier molecular flexibility index (Phi) is 4.13. The van der Waals surface area contributed by atoms with Gasteiger partial charge in [0.25, 0.3) is 0 Å². The van der Waals surface area contributed by atoms with Gasteiger partial charge in [0.15, 0.2) is 0 Å². The summed E-state index contributed by atoms with van der Waals surface area (Å²) >= 11 is 11.6. The van der Waals surface area contributed by atoms with Gasteiger partial charge in [0.1, 0.15) is 5.75 Å². The number of methoxy groups -OCH3 is 1. The largest absolute Gasteiger partial charge is 0.496 e. The van der Waals surface area contributed by atoms with Crippen LogP contribution in [0.3, 0.4) is 0 Å². The zero-order valence-corrected chi connectivity index (χ0v) is 12.7. The highest BCUT2D eigenvalue weighted by molar-refractivity contribution is 9.10. The molecule has 4 heteroatoms. The van der Waals surface area contributed by atoms with Crippen LogP contribution < -0.4 is 4.74 Å². The van der Waals surface area contributed by atoms with Crippen LogP contribution in [0.25, 0.3) is 0 Å². The number of aryl methyl sites for hydroxylation is 1. The average Bonchev–Trinajstić information content (AvgIpc) is 2.74. The van der Waals surface area contributed by atoms with Crippen LogP contribution >= 0.6 is 38.9 Å². The molecule has 0 aliphatic carbocycles. The van der Waals surface area contributed by atoms with E-state index in [1.807, 2.05) is 18.2 Å². The van der Waals surface area contributed by atoms with Crippen molar-refractivity contribution in [2.45, 2.75) is 12.3 Å². The molecule has 0 aliphatic rings. The van der Waals surface area contributed by atoms with Gasteiger partial charge in [-0.25, -0.2) is 0 Å². The highest BCUT2D eigenvalue weighted by Crippen LogP contribution is 2.36. The zero-order valence-electron chi connectivity index (χ0n) is 9.54. The van der Waals surface area contributed by atoms with E-state index in [4.69, 9.17) is 16.3 Å². The van der Waals surface area contributed by atoms with Crippen molar-refractivity contribution in [3.63, 3.8) is 0 Å². The number of hydrogen-bond acceptors (Lipinski definition) is 2. The topological polar surface area (TPSA) is 9.23 Å². The van der Waals surface area contributed by atoms with Crippen molar-refractivity contribution in [1.29, 1.82) is 0 Å². The van der Waals surface area contributed by atoms with Crippen molar-refractivity contribution in [3.8, 4) is 5.75 Å². The Hall–Kier alpha value is -0.510. The Bertz CT molecular complexity index is 524. The molecule has 2 aromatic rings. The quantitative estimate of drug-likeness (QED) is 0.706. The zero-order chi connectivity index (χ0) is 12.4. The molecule has 0 bridgehead atoms. The van der Waals surface area contributed by atoms with Crippen molar-refractivity contribution < 1.29 is 4.74 Å². The van der Waals surface area contributed by atoms with Crippen LogP contribution in [0.1, 0.15) is 22.1 Å². The molecule has 1 aromatic carbocycles. The number of benzene rings is 1. The molecule has 0 spiro atoms. The minimum absolute atomic E-state index is 0.108. The number of hydrogen-bond donors (Lipinski definition) is 0. The second-order valence-electron chi connectivity index (χ2n) is 3.77. The normalized spacial score (nSPS) is 12.5. The van der Waals surface area contributed by atoms with Crippen LogP contribution in [0.5, 0.6) is 5.75 Å². The summed E-state index contributed by atoms with van der Waals surface area (Å²) in [4.78, 5) is 0. The molecule has 1 nitrogen and oxygen atoms in total. The molecule has 0 saturated carbocycles. The summed E-state index contributed by atoms with van der Waals surface area (Å²) < 4.78 is 6.13. The maximum Gasteiger partial charge on any atom is 0.133 e. The molecule has 90 valence electrons. The molecule has 2 rings (SSSR count). The molecule has 0 radical (unpaired) electrons. The minimum atomic E-state index is -0.108. The molecule has 0 fully saturated rings. The van der Waals surface area contributed by atoms with E-state index in [1.54, 1.807) is 18.4 Å². The van der Waals surface area contributed by atoms with Crippen LogP contribution in [0, 0.1) is 6.92 Å². The number of halogens is 2. The average molecular weight is 332 g/mol. The van der Waals surface area contributed by atoms with Gasteiger partial charge in [-0.15, -0.1) is 11.6 Å². The number of rotatable bonds is 3. The summed E-state index contributed by atoms with van der Waals surface area (Å²) in [5.74, 6) is 0.819. The van der Waals surface area contributed by atoms with Crippen molar-refractivity contribution in [2.75, 3.05) is 7.11 Å². The predicted octanol–water partition coefficient (Wildman–Crippen LogP) is 5.16. The van der Waals surface area contributed by atoms with Gasteiger partial charge in [-0.1, -0.05) is 6.07 Å². The number of alkyl halides is 1. The lowest BCUT2D eigenvalue weighted by molar-refractivity contribution is 0.412. The fourth-order valence-electron chi connectivity index (χ4n) is 1.65. The van der Waals surface area contributed by atoms with Gasteiger partial charge < -0.3 is 4.74 Å². The molecule has 1 aromatic heterocycles. The lowest BCUT2D eigenvalue weighted by atomic mass is 10.0. The third kappa shape index (κ3) is 2.67. The smallest absolute Gasteiger partial charge is 0.133 e. The third-order valence-electron chi connectivity index (χ3n) is 2.64. The van der Waals surface area contributed by atoms with Crippen molar-refractivity contribution in [3.05, 3.63) is 50.1 Å². The third-order valence-corrected chi connectivity index (χ3v) is 4.62. The van der Waals surface area contributed by atoms with E-state index in [-0.39, 0.29) is 5.38 Å². The summed E-state index contributed by atoms with van der Waals surface area (Å²) in [6.45, 7) is 2.08. The van der Waals surface area contributed by atoms with E-state index >= 15 is 0 Å². The maximum absolute atomic E-state index is 6.49. The van der Waals surface area contributed by atoms with Crippen LogP contribution in [-0.2, 0) is 0 Å². The van der Waals surface area contributed by atoms with E-state index in [9.17, 15) is 0 Å². The Morgan fingerprint density at radius 1 is 1.35 bits per heavy atom. The summed E-state index contributed by atoms with van der Waals surface area (Å²) in [6.07, 6.45) is 0. The summed E-state index contributed by atoms with van der Waals surface area (Å²) in [6, 6.07) is 5.93. The van der Waals surface area contributed by atoms with Crippen molar-refractivity contribution >= 4 is 38.9 Å². The van der Waals surface area contributed by atoms with Gasteiger partial charge in [0, 0.05) is 0 Å². The lowest BCUT2D eigenvalue weighted by Crippen LogP contribution is -1.94.